The smallest absolute Gasteiger partial charge is 0.320 e. The number of thiocarbonyl (C=S) groups is 1. The molecular formula is C12H19N3O5S2. The number of phenolic OH excluding ortho intramolecular Hbond substituents is 2. The first-order chi connectivity index (χ1) is 9.97. The van der Waals surface area contributed by atoms with E-state index in [1.807, 2.05) is 0 Å². The number of rotatable bonds is 3. The van der Waals surface area contributed by atoms with Crippen LogP contribution in [-0.4, -0.2) is 37.6 Å². The maximum Gasteiger partial charge on any atom is 0.320 e. The first kappa shape index (κ1) is 22.2. The number of amides is 1. The molecule has 9 N–H and O–H groups in total. The maximum absolute atomic E-state index is 10.4. The van der Waals surface area contributed by atoms with Crippen molar-refractivity contribution < 1.29 is 24.9 Å². The fourth-order valence-corrected chi connectivity index (χ4v) is 1.04. The van der Waals surface area contributed by atoms with Gasteiger partial charge in [0.05, 0.1) is 0 Å². The highest BCUT2D eigenvalue weighted by molar-refractivity contribution is 8.10. The van der Waals surface area contributed by atoms with Gasteiger partial charge in [0.15, 0.2) is 11.5 Å². The van der Waals surface area contributed by atoms with Crippen molar-refractivity contribution in [2.75, 3.05) is 0 Å². The van der Waals surface area contributed by atoms with E-state index < -0.39 is 12.0 Å². The molecule has 10 heteroatoms. The lowest BCUT2D eigenvalue weighted by atomic mass is 10.1. The number of phenols is 2. The van der Waals surface area contributed by atoms with Crippen LogP contribution in [0.4, 0.5) is 0 Å². The van der Waals surface area contributed by atoms with Gasteiger partial charge in [0.1, 0.15) is 10.4 Å². The zero-order valence-electron chi connectivity index (χ0n) is 11.8. The number of thiol groups is 1. The van der Waals surface area contributed by atoms with Crippen LogP contribution in [0.2, 0.25) is 0 Å². The summed E-state index contributed by atoms with van der Waals surface area (Å²) in [5, 5.41) is 26.6. The lowest BCUT2D eigenvalue weighted by Gasteiger charge is -2.06. The van der Waals surface area contributed by atoms with E-state index in [0.717, 1.165) is 0 Å². The summed E-state index contributed by atoms with van der Waals surface area (Å²) in [6, 6.07) is 3.09. The van der Waals surface area contributed by atoms with Gasteiger partial charge < -0.3 is 32.5 Å². The zero-order chi connectivity index (χ0) is 17.9. The van der Waals surface area contributed by atoms with Crippen molar-refractivity contribution in [2.24, 2.45) is 17.2 Å². The summed E-state index contributed by atoms with van der Waals surface area (Å²) in [5.41, 5.74) is 15.0. The number of hydrogen-bond donors (Lipinski definition) is 7. The van der Waals surface area contributed by atoms with Crippen LogP contribution in [0, 0.1) is 0 Å². The van der Waals surface area contributed by atoms with Crippen LogP contribution in [-0.2, 0) is 16.0 Å². The molecule has 1 amide bonds. The van der Waals surface area contributed by atoms with Gasteiger partial charge in [0.2, 0.25) is 5.91 Å². The minimum Gasteiger partial charge on any atom is -0.504 e. The van der Waals surface area contributed by atoms with E-state index in [1.165, 1.54) is 25.1 Å². The summed E-state index contributed by atoms with van der Waals surface area (Å²) in [6.07, 6.45) is 0.114. The quantitative estimate of drug-likeness (QED) is 0.221. The summed E-state index contributed by atoms with van der Waals surface area (Å²) < 4.78 is 0.194. The minimum atomic E-state index is -1.10. The van der Waals surface area contributed by atoms with Crippen molar-refractivity contribution in [1.82, 2.24) is 0 Å². The van der Waals surface area contributed by atoms with Crippen molar-refractivity contribution in [3.63, 3.8) is 0 Å². The van der Waals surface area contributed by atoms with E-state index in [0.29, 0.717) is 5.56 Å². The van der Waals surface area contributed by atoms with Gasteiger partial charge in [-0.25, -0.2) is 0 Å². The molecule has 0 saturated heterocycles. The first-order valence-electron chi connectivity index (χ1n) is 5.71. The van der Waals surface area contributed by atoms with E-state index >= 15 is 0 Å². The van der Waals surface area contributed by atoms with Crippen LogP contribution < -0.4 is 17.2 Å². The normalized spacial score (nSPS) is 10.1. The molecule has 0 aromatic heterocycles. The lowest BCUT2D eigenvalue weighted by molar-refractivity contribution is -0.138. The number of primary amides is 1. The summed E-state index contributed by atoms with van der Waals surface area (Å²) in [4.78, 5) is 19.6. The van der Waals surface area contributed by atoms with Gasteiger partial charge in [0, 0.05) is 6.92 Å². The minimum absolute atomic E-state index is 0.114. The molecule has 0 heterocycles. The third-order valence-electron chi connectivity index (χ3n) is 1.81. The Morgan fingerprint density at radius 3 is 2.00 bits per heavy atom. The third-order valence-corrected chi connectivity index (χ3v) is 1.81. The van der Waals surface area contributed by atoms with Crippen LogP contribution in [0.5, 0.6) is 11.5 Å². The Labute approximate surface area is 138 Å². The molecule has 0 aliphatic carbocycles. The molecule has 0 radical (unpaired) electrons. The van der Waals surface area contributed by atoms with Gasteiger partial charge >= 0.3 is 5.97 Å². The fourth-order valence-electron chi connectivity index (χ4n) is 1.04. The number of carboxylic acid groups (broad SMARTS) is 1. The Bertz CT molecular complexity index is 505. The van der Waals surface area contributed by atoms with E-state index in [-0.39, 0.29) is 28.1 Å². The SMILES string of the molecule is CC(N)=O.NC(=S)S.NC(Cc1ccc(O)c(O)c1)C(=O)O. The Kier molecular flexibility index (Phi) is 11.7. The monoisotopic (exact) mass is 349 g/mol. The summed E-state index contributed by atoms with van der Waals surface area (Å²) in [6.45, 7) is 1.31. The predicted octanol–water partition coefficient (Wildman–Crippen LogP) is -0.296. The molecule has 1 atom stereocenters. The summed E-state index contributed by atoms with van der Waals surface area (Å²) >= 11 is 7.65. The second kappa shape index (κ2) is 11.6. The highest BCUT2D eigenvalue weighted by Gasteiger charge is 2.12. The molecule has 1 rings (SSSR count). The van der Waals surface area contributed by atoms with Crippen LogP contribution >= 0.6 is 24.8 Å². The number of carboxylic acids is 1. The summed E-state index contributed by atoms with van der Waals surface area (Å²) in [5.74, 6) is -1.95. The van der Waals surface area contributed by atoms with Crippen LogP contribution in [0.15, 0.2) is 18.2 Å². The lowest BCUT2D eigenvalue weighted by Crippen LogP contribution is -2.32. The van der Waals surface area contributed by atoms with Crippen molar-refractivity contribution in [2.45, 2.75) is 19.4 Å². The molecule has 0 aliphatic rings. The molecule has 0 spiro atoms. The molecular weight excluding hydrogens is 330 g/mol. The maximum atomic E-state index is 10.4. The molecule has 1 aromatic carbocycles. The van der Waals surface area contributed by atoms with E-state index in [1.54, 1.807) is 0 Å². The molecule has 0 saturated carbocycles. The van der Waals surface area contributed by atoms with Gasteiger partial charge in [-0.15, -0.1) is 12.6 Å². The van der Waals surface area contributed by atoms with E-state index in [4.69, 9.17) is 26.8 Å². The average molecular weight is 349 g/mol. The number of nitrogens with two attached hydrogens (primary N) is 3. The van der Waals surface area contributed by atoms with Crippen molar-refractivity contribution >= 4 is 41.0 Å². The highest BCUT2D eigenvalue weighted by atomic mass is 32.1. The van der Waals surface area contributed by atoms with Gasteiger partial charge in [0.25, 0.3) is 0 Å². The molecule has 124 valence electrons. The number of carbonyl (C=O) groups excluding carboxylic acids is 1. The summed E-state index contributed by atoms with van der Waals surface area (Å²) in [7, 11) is 0. The number of aliphatic carboxylic acids is 1. The van der Waals surface area contributed by atoms with Crippen molar-refractivity contribution in [3.8, 4) is 11.5 Å². The van der Waals surface area contributed by atoms with Gasteiger partial charge in [-0.05, 0) is 24.1 Å². The Hall–Kier alpha value is -2.04. The van der Waals surface area contributed by atoms with Crippen LogP contribution in [0.25, 0.3) is 0 Å². The van der Waals surface area contributed by atoms with Gasteiger partial charge in [-0.1, -0.05) is 18.3 Å². The molecule has 0 aliphatic heterocycles. The van der Waals surface area contributed by atoms with Crippen molar-refractivity contribution in [1.29, 1.82) is 0 Å². The highest BCUT2D eigenvalue weighted by Crippen LogP contribution is 2.25. The van der Waals surface area contributed by atoms with Crippen LogP contribution in [0.3, 0.4) is 0 Å². The third kappa shape index (κ3) is 14.4. The molecule has 8 nitrogen and oxygen atoms in total. The molecule has 1 unspecified atom stereocenters. The number of carbonyl (C=O) groups is 2. The van der Waals surface area contributed by atoms with Gasteiger partial charge in [-0.2, -0.15) is 0 Å². The standard InChI is InChI=1S/C9H11NO4.C2H5NO.CH3NS2/c10-6(9(13)14)3-5-1-2-7(11)8(12)4-5;1-2(3)4;2-1(3)4/h1-2,4,6,11-12H,3,10H2,(H,13,14);1H3,(H2,3,4);(H3,2,3,4). The molecule has 0 bridgehead atoms. The Morgan fingerprint density at radius 1 is 1.27 bits per heavy atom. The number of benzene rings is 1. The Balaban J connectivity index is 0. The second-order valence-corrected chi connectivity index (χ2v) is 5.15. The first-order valence-corrected chi connectivity index (χ1v) is 6.56. The van der Waals surface area contributed by atoms with Crippen LogP contribution in [0.1, 0.15) is 12.5 Å². The molecule has 0 fully saturated rings. The Morgan fingerprint density at radius 2 is 1.68 bits per heavy atom. The van der Waals surface area contributed by atoms with E-state index in [2.05, 4.69) is 30.6 Å². The molecule has 1 aromatic rings. The second-order valence-electron chi connectivity index (χ2n) is 3.92. The average Bonchev–Trinajstić information content (AvgIpc) is 2.32. The topological polar surface area (TPSA) is 173 Å². The van der Waals surface area contributed by atoms with E-state index in [9.17, 15) is 9.59 Å². The number of hydrogen-bond acceptors (Lipinski definition) is 6. The zero-order valence-corrected chi connectivity index (χ0v) is 13.5. The largest absolute Gasteiger partial charge is 0.504 e. The fraction of sp³-hybridized carbons (Fsp3) is 0.250. The molecule has 22 heavy (non-hydrogen) atoms. The van der Waals surface area contributed by atoms with Gasteiger partial charge in [-0.3, -0.25) is 9.59 Å². The number of aromatic hydroxyl groups is 2. The van der Waals surface area contributed by atoms with Crippen molar-refractivity contribution in [3.05, 3.63) is 23.8 Å². The predicted molar refractivity (Wildman–Crippen MR) is 89.7 cm³/mol.